The zero-order valence-corrected chi connectivity index (χ0v) is 26.0. The van der Waals surface area contributed by atoms with E-state index in [4.69, 9.17) is 19.9 Å². The molecule has 2 aromatic heterocycles. The Morgan fingerprint density at radius 3 is 2.65 bits per heavy atom. The Morgan fingerprint density at radius 1 is 1.15 bits per heavy atom. The molecule has 3 atom stereocenters. The summed E-state index contributed by atoms with van der Waals surface area (Å²) >= 11 is 0. The van der Waals surface area contributed by atoms with Gasteiger partial charge in [0.2, 0.25) is 5.95 Å². The van der Waals surface area contributed by atoms with Crippen molar-refractivity contribution in [2.24, 2.45) is 5.92 Å². The number of methoxy groups -OCH3 is 1. The van der Waals surface area contributed by atoms with Crippen molar-refractivity contribution in [3.8, 4) is 40.0 Å². The molecule has 1 aliphatic carbocycles. The van der Waals surface area contributed by atoms with E-state index in [1.165, 1.54) is 25.3 Å². The number of rotatable bonds is 9. The minimum Gasteiger partial charge on any atom is -0.504 e. The third-order valence-corrected chi connectivity index (χ3v) is 9.24. The number of phenolic OH excluding ortho intramolecular Hbond substituents is 1. The van der Waals surface area contributed by atoms with Gasteiger partial charge in [0, 0.05) is 49.2 Å². The minimum absolute atomic E-state index is 0.0454. The third-order valence-electron chi connectivity index (χ3n) is 9.24. The number of fused-ring (bicyclic) bond motifs is 3. The van der Waals surface area contributed by atoms with Gasteiger partial charge in [-0.25, -0.2) is 19.8 Å². The van der Waals surface area contributed by atoms with Gasteiger partial charge < -0.3 is 20.1 Å². The number of carbonyl (C=O) groups excluding carboxylic acids is 1. The van der Waals surface area contributed by atoms with E-state index in [0.29, 0.717) is 58.2 Å². The highest BCUT2D eigenvalue weighted by Crippen LogP contribution is 2.44. The van der Waals surface area contributed by atoms with Crippen LogP contribution in [0.1, 0.15) is 29.5 Å². The van der Waals surface area contributed by atoms with Gasteiger partial charge in [-0.2, -0.15) is 5.26 Å². The first-order chi connectivity index (χ1) is 23.4. The van der Waals surface area contributed by atoms with Crippen LogP contribution in [-0.2, 0) is 11.3 Å². The van der Waals surface area contributed by atoms with E-state index < -0.39 is 11.7 Å². The quantitative estimate of drug-likeness (QED) is 0.0981. The number of anilines is 1. The van der Waals surface area contributed by atoms with Crippen molar-refractivity contribution in [3.63, 3.8) is 0 Å². The molecular formula is C36H32FN7O4. The van der Waals surface area contributed by atoms with Crippen molar-refractivity contribution >= 4 is 23.6 Å². The van der Waals surface area contributed by atoms with Gasteiger partial charge in [-0.15, -0.1) is 0 Å². The minimum atomic E-state index is -0.639. The molecule has 5 aromatic rings. The SMILES string of the molecule is COc1ccc(-c2c(-c3ccc(C#N)c(F)c3)nc(N3CC4CC3CC4NCc3ccc(/C=C/C(=O)NO)cc3)n3ccnc23)cc1O. The summed E-state index contributed by atoms with van der Waals surface area (Å²) in [6, 6.07) is 19.8. The van der Waals surface area contributed by atoms with E-state index in [-0.39, 0.29) is 17.4 Å². The molecule has 2 fully saturated rings. The molecule has 0 spiro atoms. The molecule has 0 radical (unpaired) electrons. The van der Waals surface area contributed by atoms with E-state index >= 15 is 0 Å². The lowest BCUT2D eigenvalue weighted by molar-refractivity contribution is -0.124. The Hall–Kier alpha value is -5.77. The number of imidazole rings is 1. The Balaban J connectivity index is 1.17. The second-order valence-electron chi connectivity index (χ2n) is 12.0. The molecule has 1 saturated carbocycles. The molecule has 1 aliphatic heterocycles. The number of piperidine rings is 1. The Bertz CT molecular complexity index is 2090. The highest BCUT2D eigenvalue weighted by Gasteiger charge is 2.45. The normalized spacial score (nSPS) is 18.5. The number of amides is 1. The van der Waals surface area contributed by atoms with Crippen molar-refractivity contribution in [2.75, 3.05) is 18.6 Å². The molecule has 2 bridgehead atoms. The summed E-state index contributed by atoms with van der Waals surface area (Å²) in [5, 5.41) is 32.4. The summed E-state index contributed by atoms with van der Waals surface area (Å²) in [4.78, 5) is 23.4. The van der Waals surface area contributed by atoms with Crippen molar-refractivity contribution in [3.05, 3.63) is 102 Å². The fourth-order valence-corrected chi connectivity index (χ4v) is 6.89. The number of ether oxygens (including phenoxy) is 1. The predicted octanol–water partition coefficient (Wildman–Crippen LogP) is 5.06. The number of benzene rings is 3. The van der Waals surface area contributed by atoms with Gasteiger partial charge in [0.15, 0.2) is 11.5 Å². The number of halogens is 1. The van der Waals surface area contributed by atoms with E-state index in [2.05, 4.69) is 10.2 Å². The van der Waals surface area contributed by atoms with Crippen LogP contribution in [-0.4, -0.2) is 56.3 Å². The summed E-state index contributed by atoms with van der Waals surface area (Å²) in [7, 11) is 1.48. The number of hydroxylamine groups is 1. The number of hydrogen-bond acceptors (Lipinski definition) is 9. The first-order valence-corrected chi connectivity index (χ1v) is 15.5. The van der Waals surface area contributed by atoms with Gasteiger partial charge in [-0.05, 0) is 65.8 Å². The Kier molecular flexibility index (Phi) is 8.22. The zero-order chi connectivity index (χ0) is 33.4. The molecule has 1 saturated heterocycles. The smallest absolute Gasteiger partial charge is 0.267 e. The van der Waals surface area contributed by atoms with Crippen LogP contribution in [0, 0.1) is 23.1 Å². The highest BCUT2D eigenvalue weighted by atomic mass is 19.1. The summed E-state index contributed by atoms with van der Waals surface area (Å²) < 4.78 is 22.2. The van der Waals surface area contributed by atoms with Gasteiger partial charge in [0.05, 0.1) is 23.9 Å². The second kappa shape index (κ2) is 12.8. The Labute approximate surface area is 275 Å². The first-order valence-electron chi connectivity index (χ1n) is 15.5. The lowest BCUT2D eigenvalue weighted by Gasteiger charge is -2.33. The number of phenols is 1. The van der Waals surface area contributed by atoms with Crippen molar-refractivity contribution in [1.29, 1.82) is 5.26 Å². The standard InChI is InChI=1S/C36H32FN7O4/c1-48-31-10-9-23(16-30(31)45)33-34(24-7-8-25(18-38)28(37)15-24)41-36(43-13-12-39-35(33)43)44-20-26-14-27(44)17-29(26)40-19-22-4-2-21(3-5-22)6-11-32(46)42-47/h2-13,15-16,26-27,29,40,45,47H,14,17,19-20H2,1H3,(H,42,46)/b11-6+. The number of nitrogens with zero attached hydrogens (tertiary/aromatic N) is 5. The summed E-state index contributed by atoms with van der Waals surface area (Å²) in [6.07, 6.45) is 8.40. The van der Waals surface area contributed by atoms with Crippen LogP contribution in [0.5, 0.6) is 11.5 Å². The van der Waals surface area contributed by atoms with Crippen molar-refractivity contribution in [1.82, 2.24) is 25.2 Å². The summed E-state index contributed by atoms with van der Waals surface area (Å²) in [5.74, 6) is 0.152. The lowest BCUT2D eigenvalue weighted by Crippen LogP contribution is -2.44. The van der Waals surface area contributed by atoms with Crippen LogP contribution in [0.25, 0.3) is 34.1 Å². The van der Waals surface area contributed by atoms with Gasteiger partial charge in [0.1, 0.15) is 17.5 Å². The van der Waals surface area contributed by atoms with Crippen LogP contribution in [0.2, 0.25) is 0 Å². The second-order valence-corrected chi connectivity index (χ2v) is 12.0. The molecular weight excluding hydrogens is 613 g/mol. The van der Waals surface area contributed by atoms with Gasteiger partial charge in [-0.3, -0.25) is 14.4 Å². The predicted molar refractivity (Wildman–Crippen MR) is 177 cm³/mol. The van der Waals surface area contributed by atoms with Gasteiger partial charge >= 0.3 is 0 Å². The summed E-state index contributed by atoms with van der Waals surface area (Å²) in [6.45, 7) is 1.49. The molecule has 2 aliphatic rings. The lowest BCUT2D eigenvalue weighted by atomic mass is 9.98. The van der Waals surface area contributed by atoms with Crippen molar-refractivity contribution < 1.29 is 24.2 Å². The van der Waals surface area contributed by atoms with E-state index in [0.717, 1.165) is 30.5 Å². The average molecular weight is 646 g/mol. The van der Waals surface area contributed by atoms with Gasteiger partial charge in [-0.1, -0.05) is 36.4 Å². The number of hydrogen-bond donors (Lipinski definition) is 4. The summed E-state index contributed by atoms with van der Waals surface area (Å²) in [5.41, 5.74) is 6.35. The highest BCUT2D eigenvalue weighted by molar-refractivity contribution is 5.92. The molecule has 11 nitrogen and oxygen atoms in total. The fourth-order valence-electron chi connectivity index (χ4n) is 6.89. The molecule has 4 N–H and O–H groups in total. The van der Waals surface area contributed by atoms with Crippen LogP contribution in [0.4, 0.5) is 10.3 Å². The molecule has 48 heavy (non-hydrogen) atoms. The number of carbonyl (C=O) groups is 1. The molecule has 7 rings (SSSR count). The number of nitriles is 1. The molecule has 3 aromatic carbocycles. The van der Waals surface area contributed by atoms with Gasteiger partial charge in [0.25, 0.3) is 5.91 Å². The first kappa shape index (κ1) is 30.9. The number of aromatic nitrogens is 3. The fraction of sp³-hybridized carbons (Fsp3) is 0.222. The largest absolute Gasteiger partial charge is 0.504 e. The van der Waals surface area contributed by atoms with E-state index in [9.17, 15) is 19.6 Å². The molecule has 3 unspecified atom stereocenters. The monoisotopic (exact) mass is 645 g/mol. The maximum absolute atomic E-state index is 15.0. The van der Waals surface area contributed by atoms with Crippen LogP contribution in [0.15, 0.2) is 79.1 Å². The third kappa shape index (κ3) is 5.70. The molecule has 3 heterocycles. The zero-order valence-electron chi connectivity index (χ0n) is 26.0. The van der Waals surface area contributed by atoms with Crippen molar-refractivity contribution in [2.45, 2.75) is 31.5 Å². The topological polar surface area (TPSA) is 148 Å². The maximum atomic E-state index is 15.0. The average Bonchev–Trinajstić information content (AvgIpc) is 3.86. The Morgan fingerprint density at radius 2 is 1.96 bits per heavy atom. The number of nitrogens with one attached hydrogen (secondary N) is 2. The molecule has 1 amide bonds. The van der Waals surface area contributed by atoms with Crippen LogP contribution < -0.4 is 20.4 Å². The van der Waals surface area contributed by atoms with Crippen LogP contribution >= 0.6 is 0 Å². The molecule has 12 heteroatoms. The van der Waals surface area contributed by atoms with E-state index in [1.54, 1.807) is 36.0 Å². The van der Waals surface area contributed by atoms with Crippen LogP contribution in [0.3, 0.4) is 0 Å². The van der Waals surface area contributed by atoms with E-state index in [1.807, 2.05) is 47.0 Å². The molecule has 242 valence electrons. The number of aromatic hydroxyl groups is 1. The maximum Gasteiger partial charge on any atom is 0.267 e.